The number of aryl methyl sites for hydroxylation is 1. The maximum Gasteiger partial charge on any atom is 0.319 e. The van der Waals surface area contributed by atoms with Crippen LogP contribution < -0.4 is 20.7 Å². The minimum Gasteiger partial charge on any atom is -0.475 e. The summed E-state index contributed by atoms with van der Waals surface area (Å²) in [6, 6.07) is 8.98. The second-order valence-electron chi connectivity index (χ2n) is 9.47. The number of benzene rings is 1. The van der Waals surface area contributed by atoms with E-state index in [0.29, 0.717) is 33.8 Å². The van der Waals surface area contributed by atoms with Crippen molar-refractivity contribution in [3.05, 3.63) is 65.6 Å². The van der Waals surface area contributed by atoms with Gasteiger partial charge in [0, 0.05) is 37.7 Å². The Bertz CT molecular complexity index is 1440. The Kier molecular flexibility index (Phi) is 8.20. The van der Waals surface area contributed by atoms with Gasteiger partial charge in [0.1, 0.15) is 23.9 Å². The molecular weight excluding hydrogens is 508 g/mol. The molecule has 0 saturated carbocycles. The molecule has 0 spiro atoms. The molecule has 1 aliphatic rings. The Morgan fingerprint density at radius 1 is 1.15 bits per heavy atom. The summed E-state index contributed by atoms with van der Waals surface area (Å²) < 4.78 is 34.0. The standard InChI is InChI=1S/C28H29F2N5O4/c1-16-8-22(29)24(35-27(38)32-15-18-13-28(3,30)14-18)12-21(16)20-9-23(34-26(11-20)39-7-6-36)19-4-5-31-25(10-19)33-17(2)37/h4-5,8-13,36H,6-7,14-15H2,1-3H3,(H,31,33,37)(H2,32,35,38)/t28-/m0/s1. The van der Waals surface area contributed by atoms with E-state index in [1.165, 1.54) is 38.3 Å². The number of ether oxygens (including phenoxy) is 1. The number of carbonyl (C=O) groups is 2. The number of aromatic nitrogens is 2. The number of alkyl halides is 1. The summed E-state index contributed by atoms with van der Waals surface area (Å²) in [5.74, 6) is -0.330. The first-order valence-corrected chi connectivity index (χ1v) is 12.3. The summed E-state index contributed by atoms with van der Waals surface area (Å²) in [7, 11) is 0. The number of pyridine rings is 2. The molecule has 0 unspecified atom stereocenters. The molecule has 0 fully saturated rings. The van der Waals surface area contributed by atoms with Crippen molar-refractivity contribution in [2.75, 3.05) is 30.4 Å². The first-order chi connectivity index (χ1) is 18.5. The van der Waals surface area contributed by atoms with Crippen molar-refractivity contribution in [3.8, 4) is 28.3 Å². The Labute approximate surface area is 224 Å². The van der Waals surface area contributed by atoms with E-state index in [4.69, 9.17) is 4.74 Å². The fraction of sp³-hybridized carbons (Fsp3) is 0.286. The minimum atomic E-state index is -1.35. The number of urea groups is 1. The average Bonchev–Trinajstić information content (AvgIpc) is 2.86. The summed E-state index contributed by atoms with van der Waals surface area (Å²) in [6.45, 7) is 4.52. The molecule has 9 nitrogen and oxygen atoms in total. The van der Waals surface area contributed by atoms with Crippen LogP contribution in [0.3, 0.4) is 0 Å². The van der Waals surface area contributed by atoms with Gasteiger partial charge >= 0.3 is 6.03 Å². The highest BCUT2D eigenvalue weighted by Gasteiger charge is 2.31. The Morgan fingerprint density at radius 2 is 1.92 bits per heavy atom. The van der Waals surface area contributed by atoms with Crippen LogP contribution in [0.4, 0.5) is 25.1 Å². The molecule has 1 aromatic carbocycles. The molecule has 204 valence electrons. The van der Waals surface area contributed by atoms with Crippen LogP contribution in [-0.2, 0) is 4.79 Å². The first kappa shape index (κ1) is 27.6. The van der Waals surface area contributed by atoms with E-state index in [9.17, 15) is 23.5 Å². The molecule has 4 rings (SSSR count). The summed E-state index contributed by atoms with van der Waals surface area (Å²) in [4.78, 5) is 32.5. The molecule has 2 aromatic heterocycles. The summed E-state index contributed by atoms with van der Waals surface area (Å²) in [6.07, 6.45) is 3.23. The number of allylic oxidation sites excluding steroid dienone is 1. The molecule has 39 heavy (non-hydrogen) atoms. The van der Waals surface area contributed by atoms with Crippen molar-refractivity contribution in [1.29, 1.82) is 0 Å². The molecule has 0 radical (unpaired) electrons. The Morgan fingerprint density at radius 3 is 2.62 bits per heavy atom. The molecular formula is C28H29F2N5O4. The predicted octanol–water partition coefficient (Wildman–Crippen LogP) is 4.77. The predicted molar refractivity (Wildman–Crippen MR) is 144 cm³/mol. The van der Waals surface area contributed by atoms with Crippen LogP contribution in [-0.4, -0.2) is 52.4 Å². The lowest BCUT2D eigenvalue weighted by Gasteiger charge is -2.28. The van der Waals surface area contributed by atoms with Gasteiger partial charge in [-0.3, -0.25) is 4.79 Å². The fourth-order valence-electron chi connectivity index (χ4n) is 4.27. The molecule has 2 heterocycles. The number of hydrogen-bond acceptors (Lipinski definition) is 6. The molecule has 11 heteroatoms. The quantitative estimate of drug-likeness (QED) is 0.292. The second-order valence-corrected chi connectivity index (χ2v) is 9.47. The summed E-state index contributed by atoms with van der Waals surface area (Å²) in [5, 5.41) is 17.0. The van der Waals surface area contributed by atoms with Crippen molar-refractivity contribution in [2.45, 2.75) is 32.9 Å². The first-order valence-electron chi connectivity index (χ1n) is 12.3. The van der Waals surface area contributed by atoms with Gasteiger partial charge in [0.25, 0.3) is 0 Å². The van der Waals surface area contributed by atoms with Gasteiger partial charge in [-0.15, -0.1) is 0 Å². The number of halogens is 2. The lowest BCUT2D eigenvalue weighted by atomic mass is 9.85. The molecule has 0 saturated heterocycles. The maximum atomic E-state index is 14.8. The van der Waals surface area contributed by atoms with E-state index in [0.717, 1.165) is 5.57 Å². The maximum absolute atomic E-state index is 14.8. The third-order valence-electron chi connectivity index (χ3n) is 5.93. The number of carbonyl (C=O) groups excluding carboxylic acids is 2. The zero-order valence-electron chi connectivity index (χ0n) is 21.8. The zero-order valence-corrected chi connectivity index (χ0v) is 21.8. The van der Waals surface area contributed by atoms with E-state index in [-0.39, 0.29) is 43.7 Å². The lowest BCUT2D eigenvalue weighted by molar-refractivity contribution is -0.114. The smallest absolute Gasteiger partial charge is 0.319 e. The van der Waals surface area contributed by atoms with E-state index in [2.05, 4.69) is 25.9 Å². The number of amides is 3. The highest BCUT2D eigenvalue weighted by Crippen LogP contribution is 2.35. The third kappa shape index (κ3) is 7.14. The second kappa shape index (κ2) is 11.6. The van der Waals surface area contributed by atoms with Crippen molar-refractivity contribution < 1.29 is 28.2 Å². The van der Waals surface area contributed by atoms with Gasteiger partial charge in [0.05, 0.1) is 18.0 Å². The number of nitrogens with one attached hydrogen (secondary N) is 3. The van der Waals surface area contributed by atoms with Crippen LogP contribution in [0, 0.1) is 12.7 Å². The monoisotopic (exact) mass is 537 g/mol. The highest BCUT2D eigenvalue weighted by molar-refractivity contribution is 5.91. The van der Waals surface area contributed by atoms with Gasteiger partial charge < -0.3 is 25.8 Å². The van der Waals surface area contributed by atoms with Crippen molar-refractivity contribution in [1.82, 2.24) is 15.3 Å². The van der Waals surface area contributed by atoms with Crippen molar-refractivity contribution in [3.63, 3.8) is 0 Å². The van der Waals surface area contributed by atoms with Gasteiger partial charge in [-0.25, -0.2) is 23.5 Å². The van der Waals surface area contributed by atoms with Gasteiger partial charge in [-0.1, -0.05) is 0 Å². The van der Waals surface area contributed by atoms with Gasteiger partial charge in [0.15, 0.2) is 0 Å². The molecule has 1 aliphatic carbocycles. The third-order valence-corrected chi connectivity index (χ3v) is 5.93. The zero-order chi connectivity index (χ0) is 28.2. The normalized spacial score (nSPS) is 16.1. The molecule has 0 aliphatic heterocycles. The van der Waals surface area contributed by atoms with Crippen LogP contribution in [0.2, 0.25) is 0 Å². The number of rotatable bonds is 9. The van der Waals surface area contributed by atoms with Crippen molar-refractivity contribution in [2.24, 2.45) is 0 Å². The topological polar surface area (TPSA) is 125 Å². The minimum absolute atomic E-state index is 0.0107. The largest absolute Gasteiger partial charge is 0.475 e. The number of hydrogen-bond donors (Lipinski definition) is 4. The summed E-state index contributed by atoms with van der Waals surface area (Å²) >= 11 is 0. The molecule has 0 bridgehead atoms. The Balaban J connectivity index is 1.64. The van der Waals surface area contributed by atoms with E-state index in [1.807, 2.05) is 0 Å². The van der Waals surface area contributed by atoms with Crippen LogP contribution in [0.15, 0.2) is 54.2 Å². The number of aliphatic hydroxyl groups excluding tert-OH is 1. The van der Waals surface area contributed by atoms with Crippen molar-refractivity contribution >= 4 is 23.4 Å². The van der Waals surface area contributed by atoms with Gasteiger partial charge in [-0.05, 0) is 72.5 Å². The number of nitrogens with zero attached hydrogens (tertiary/aromatic N) is 2. The molecule has 1 atom stereocenters. The molecule has 4 N–H and O–H groups in total. The average molecular weight is 538 g/mol. The number of anilines is 2. The van der Waals surface area contributed by atoms with E-state index in [1.54, 1.807) is 31.2 Å². The summed E-state index contributed by atoms with van der Waals surface area (Å²) in [5.41, 5.74) is 2.31. The van der Waals surface area contributed by atoms with Crippen LogP contribution in [0.1, 0.15) is 25.8 Å². The van der Waals surface area contributed by atoms with Gasteiger partial charge in [-0.2, -0.15) is 0 Å². The van der Waals surface area contributed by atoms with Gasteiger partial charge in [0.2, 0.25) is 11.8 Å². The SMILES string of the molecule is CC(=O)Nc1cc(-c2cc(-c3cc(NC(=O)NCC4=C[C@](C)(F)C4)c(F)cc3C)cc(OCCO)n2)ccn1. The lowest BCUT2D eigenvalue weighted by Crippen LogP contribution is -2.36. The van der Waals surface area contributed by atoms with Crippen LogP contribution in [0.5, 0.6) is 5.88 Å². The fourth-order valence-corrected chi connectivity index (χ4v) is 4.27. The van der Waals surface area contributed by atoms with Crippen LogP contribution in [0.25, 0.3) is 22.4 Å². The molecule has 3 amide bonds. The van der Waals surface area contributed by atoms with E-state index < -0.39 is 17.5 Å². The van der Waals surface area contributed by atoms with E-state index >= 15 is 0 Å². The Hall–Kier alpha value is -4.38. The molecule has 3 aromatic rings. The highest BCUT2D eigenvalue weighted by atomic mass is 19.1. The number of aliphatic hydroxyl groups is 1. The van der Waals surface area contributed by atoms with Crippen LogP contribution >= 0.6 is 0 Å².